The van der Waals surface area contributed by atoms with Crippen LogP contribution in [0.1, 0.15) is 26.2 Å². The number of hydrogen-bond donors (Lipinski definition) is 0. The summed E-state index contributed by atoms with van der Waals surface area (Å²) in [7, 11) is -3.39. The van der Waals surface area contributed by atoms with E-state index >= 15 is 0 Å². The highest BCUT2D eigenvalue weighted by Crippen LogP contribution is 2.33. The zero-order valence-corrected chi connectivity index (χ0v) is 13.2. The predicted octanol–water partition coefficient (Wildman–Crippen LogP) is 3.53. The SMILES string of the molecule is CCC1=C(I)CCCN1S(=O)(=O)c1ccccc1. The molecule has 0 bridgehead atoms. The normalized spacial score (nSPS) is 17.1. The van der Waals surface area contributed by atoms with Crippen molar-refractivity contribution >= 4 is 32.6 Å². The molecule has 0 aliphatic carbocycles. The Kier molecular flexibility index (Phi) is 4.32. The lowest BCUT2D eigenvalue weighted by Gasteiger charge is -2.31. The number of halogens is 1. The van der Waals surface area contributed by atoms with Crippen molar-refractivity contribution in [3.05, 3.63) is 39.6 Å². The van der Waals surface area contributed by atoms with Crippen molar-refractivity contribution in [3.8, 4) is 0 Å². The van der Waals surface area contributed by atoms with E-state index in [1.54, 1.807) is 28.6 Å². The lowest BCUT2D eigenvalue weighted by atomic mass is 10.1. The van der Waals surface area contributed by atoms with Gasteiger partial charge < -0.3 is 0 Å². The lowest BCUT2D eigenvalue weighted by molar-refractivity contribution is 0.439. The van der Waals surface area contributed by atoms with Crippen LogP contribution in [0.25, 0.3) is 0 Å². The highest BCUT2D eigenvalue weighted by Gasteiger charge is 2.29. The number of hydrogen-bond acceptors (Lipinski definition) is 2. The Bertz CT molecular complexity index is 552. The molecule has 5 heteroatoms. The van der Waals surface area contributed by atoms with Crippen molar-refractivity contribution < 1.29 is 8.42 Å². The summed E-state index contributed by atoms with van der Waals surface area (Å²) < 4.78 is 27.9. The standard InChI is InChI=1S/C13H16INO2S/c1-2-13-12(14)9-6-10-15(13)18(16,17)11-7-4-3-5-8-11/h3-5,7-8H,2,6,9-10H2,1H3. The van der Waals surface area contributed by atoms with Crippen LogP contribution in [0.3, 0.4) is 0 Å². The molecule has 98 valence electrons. The fourth-order valence-electron chi connectivity index (χ4n) is 2.15. The molecule has 2 rings (SSSR count). The molecule has 0 N–H and O–H groups in total. The Hall–Kier alpha value is -0.560. The monoisotopic (exact) mass is 377 g/mol. The van der Waals surface area contributed by atoms with E-state index in [0.29, 0.717) is 11.4 Å². The van der Waals surface area contributed by atoms with Gasteiger partial charge in [0, 0.05) is 15.8 Å². The summed E-state index contributed by atoms with van der Waals surface area (Å²) in [4.78, 5) is 0.377. The highest BCUT2D eigenvalue weighted by molar-refractivity contribution is 14.1. The van der Waals surface area contributed by atoms with Crippen LogP contribution < -0.4 is 0 Å². The fourth-order valence-corrected chi connectivity index (χ4v) is 5.02. The third-order valence-electron chi connectivity index (χ3n) is 3.04. The molecular formula is C13H16INO2S. The van der Waals surface area contributed by atoms with Gasteiger partial charge in [-0.1, -0.05) is 25.1 Å². The van der Waals surface area contributed by atoms with E-state index in [9.17, 15) is 8.42 Å². The van der Waals surface area contributed by atoms with Gasteiger partial charge in [-0.25, -0.2) is 8.42 Å². The third kappa shape index (κ3) is 2.56. The minimum absolute atomic E-state index is 0.377. The molecule has 18 heavy (non-hydrogen) atoms. The summed E-state index contributed by atoms with van der Waals surface area (Å²) in [6.07, 6.45) is 2.64. The Labute approximate surface area is 122 Å². The van der Waals surface area contributed by atoms with Gasteiger partial charge in [0.05, 0.1) is 4.90 Å². The van der Waals surface area contributed by atoms with Crippen molar-refractivity contribution in [1.82, 2.24) is 4.31 Å². The number of nitrogens with zero attached hydrogens (tertiary/aromatic N) is 1. The molecule has 0 aromatic heterocycles. The Morgan fingerprint density at radius 2 is 1.94 bits per heavy atom. The third-order valence-corrected chi connectivity index (χ3v) is 6.05. The van der Waals surface area contributed by atoms with Gasteiger partial charge in [-0.05, 0) is 54.0 Å². The fraction of sp³-hybridized carbons (Fsp3) is 0.385. The van der Waals surface area contributed by atoms with Gasteiger partial charge in [-0.15, -0.1) is 0 Å². The molecular weight excluding hydrogens is 361 g/mol. The van der Waals surface area contributed by atoms with Crippen molar-refractivity contribution in [1.29, 1.82) is 0 Å². The first-order valence-corrected chi connectivity index (χ1v) is 8.54. The molecule has 0 unspecified atom stereocenters. The summed E-state index contributed by atoms with van der Waals surface area (Å²) in [5.74, 6) is 0. The Morgan fingerprint density at radius 3 is 2.56 bits per heavy atom. The largest absolute Gasteiger partial charge is 0.269 e. The topological polar surface area (TPSA) is 37.4 Å². The van der Waals surface area contributed by atoms with Crippen LogP contribution in [0.2, 0.25) is 0 Å². The number of allylic oxidation sites excluding steroid dienone is 2. The van der Waals surface area contributed by atoms with Gasteiger partial charge in [0.1, 0.15) is 0 Å². The molecule has 1 aliphatic heterocycles. The van der Waals surface area contributed by atoms with E-state index in [-0.39, 0.29) is 0 Å². The summed E-state index contributed by atoms with van der Waals surface area (Å²) in [6.45, 7) is 2.60. The van der Waals surface area contributed by atoms with E-state index in [2.05, 4.69) is 22.6 Å². The van der Waals surface area contributed by atoms with Gasteiger partial charge in [0.15, 0.2) is 0 Å². The van der Waals surface area contributed by atoms with Crippen LogP contribution in [0, 0.1) is 0 Å². The molecule has 0 saturated carbocycles. The molecule has 0 amide bonds. The maximum absolute atomic E-state index is 12.6. The highest BCUT2D eigenvalue weighted by atomic mass is 127. The predicted molar refractivity (Wildman–Crippen MR) is 80.9 cm³/mol. The summed E-state index contributed by atoms with van der Waals surface area (Å²) in [5.41, 5.74) is 0.950. The van der Waals surface area contributed by atoms with Crippen molar-refractivity contribution in [2.45, 2.75) is 31.1 Å². The van der Waals surface area contributed by atoms with E-state index in [4.69, 9.17) is 0 Å². The van der Waals surface area contributed by atoms with E-state index < -0.39 is 10.0 Å². The Morgan fingerprint density at radius 1 is 1.28 bits per heavy atom. The van der Waals surface area contributed by atoms with Gasteiger partial charge in [-0.2, -0.15) is 0 Å². The Balaban J connectivity index is 2.45. The van der Waals surface area contributed by atoms with Crippen LogP contribution >= 0.6 is 22.6 Å². The van der Waals surface area contributed by atoms with Gasteiger partial charge in [0.2, 0.25) is 0 Å². The smallest absolute Gasteiger partial charge is 0.264 e. The molecule has 1 aromatic carbocycles. The molecule has 1 aromatic rings. The van der Waals surface area contributed by atoms with Gasteiger partial charge >= 0.3 is 0 Å². The molecule has 1 aliphatic rings. The van der Waals surface area contributed by atoms with Crippen molar-refractivity contribution in [3.63, 3.8) is 0 Å². The van der Waals surface area contributed by atoms with Crippen LogP contribution in [-0.4, -0.2) is 19.3 Å². The zero-order valence-electron chi connectivity index (χ0n) is 10.3. The first kappa shape index (κ1) is 13.9. The lowest BCUT2D eigenvalue weighted by Crippen LogP contribution is -2.34. The van der Waals surface area contributed by atoms with Crippen LogP contribution in [0.5, 0.6) is 0 Å². The maximum atomic E-state index is 12.6. The number of sulfonamides is 1. The second kappa shape index (κ2) is 5.61. The van der Waals surface area contributed by atoms with Crippen LogP contribution in [-0.2, 0) is 10.0 Å². The first-order valence-electron chi connectivity index (χ1n) is 6.02. The minimum atomic E-state index is -3.39. The maximum Gasteiger partial charge on any atom is 0.264 e. The second-order valence-corrected chi connectivity index (χ2v) is 7.36. The number of benzene rings is 1. The summed E-state index contributed by atoms with van der Waals surface area (Å²) in [6, 6.07) is 8.66. The van der Waals surface area contributed by atoms with Crippen molar-refractivity contribution in [2.75, 3.05) is 6.54 Å². The molecule has 1 heterocycles. The molecule has 0 atom stereocenters. The molecule has 0 fully saturated rings. The molecule has 0 radical (unpaired) electrons. The van der Waals surface area contributed by atoms with Crippen LogP contribution in [0.4, 0.5) is 0 Å². The average molecular weight is 377 g/mol. The van der Waals surface area contributed by atoms with E-state index in [1.165, 1.54) is 3.58 Å². The molecule has 3 nitrogen and oxygen atoms in total. The first-order chi connectivity index (χ1) is 8.57. The number of rotatable bonds is 3. The quantitative estimate of drug-likeness (QED) is 0.756. The average Bonchev–Trinajstić information content (AvgIpc) is 2.39. The molecule has 0 spiro atoms. The van der Waals surface area contributed by atoms with Crippen molar-refractivity contribution in [2.24, 2.45) is 0 Å². The summed E-state index contributed by atoms with van der Waals surface area (Å²) >= 11 is 2.27. The van der Waals surface area contributed by atoms with Gasteiger partial charge in [0.25, 0.3) is 10.0 Å². The minimum Gasteiger partial charge on any atom is -0.269 e. The zero-order chi connectivity index (χ0) is 13.2. The summed E-state index contributed by atoms with van der Waals surface area (Å²) in [5, 5.41) is 0. The molecule has 0 saturated heterocycles. The second-order valence-electron chi connectivity index (χ2n) is 4.20. The van der Waals surface area contributed by atoms with E-state index in [1.807, 2.05) is 13.0 Å². The van der Waals surface area contributed by atoms with Gasteiger partial charge in [-0.3, -0.25) is 4.31 Å². The van der Waals surface area contributed by atoms with E-state index in [0.717, 1.165) is 25.0 Å². The van der Waals surface area contributed by atoms with Crippen LogP contribution in [0.15, 0.2) is 44.5 Å².